The molecule has 0 aromatic heterocycles. The Hall–Kier alpha value is -1.76. The van der Waals surface area contributed by atoms with Crippen LogP contribution in [0.4, 0.5) is 14.5 Å². The lowest BCUT2D eigenvalue weighted by atomic mass is 10.1. The number of carbonyl (C=O) groups is 1. The Labute approximate surface area is 112 Å². The number of rotatable bonds is 5. The number of benzene rings is 1. The van der Waals surface area contributed by atoms with Crippen molar-refractivity contribution in [1.82, 2.24) is 0 Å². The number of nitrogens with zero attached hydrogens (tertiary/aromatic N) is 1. The molecule has 102 valence electrons. The maximum atomic E-state index is 13.3. The number of hydrogen-bond acceptors (Lipinski definition) is 4. The van der Waals surface area contributed by atoms with Crippen molar-refractivity contribution in [2.45, 2.75) is 13.3 Å². The van der Waals surface area contributed by atoms with Gasteiger partial charge in [-0.1, -0.05) is 23.9 Å². The third-order valence-corrected chi connectivity index (χ3v) is 2.97. The molecule has 0 saturated heterocycles. The lowest BCUT2D eigenvalue weighted by Crippen LogP contribution is -1.97. The van der Waals surface area contributed by atoms with E-state index < -0.39 is 22.2 Å². The molecule has 0 unspecified atom stereocenters. The predicted octanol–water partition coefficient (Wildman–Crippen LogP) is 3.56. The number of thioether (sulfide) groups is 1. The molecule has 0 saturated carbocycles. The molecule has 19 heavy (non-hydrogen) atoms. The van der Waals surface area contributed by atoms with E-state index in [4.69, 9.17) is 0 Å². The van der Waals surface area contributed by atoms with E-state index in [2.05, 4.69) is 0 Å². The molecule has 0 aliphatic carbocycles. The van der Waals surface area contributed by atoms with Crippen LogP contribution in [0.15, 0.2) is 18.2 Å². The maximum Gasteiger partial charge on any atom is 0.340 e. The van der Waals surface area contributed by atoms with E-state index >= 15 is 0 Å². The lowest BCUT2D eigenvalue weighted by molar-refractivity contribution is -0.390. The van der Waals surface area contributed by atoms with Crippen LogP contribution in [0.1, 0.15) is 18.9 Å². The van der Waals surface area contributed by atoms with E-state index in [9.17, 15) is 23.7 Å². The van der Waals surface area contributed by atoms with E-state index in [1.807, 2.05) is 0 Å². The quantitative estimate of drug-likeness (QED) is 0.472. The van der Waals surface area contributed by atoms with Crippen molar-refractivity contribution in [3.05, 3.63) is 45.5 Å². The summed E-state index contributed by atoms with van der Waals surface area (Å²) in [7, 11) is 0. The Morgan fingerprint density at radius 1 is 1.42 bits per heavy atom. The molecule has 7 heteroatoms. The van der Waals surface area contributed by atoms with Gasteiger partial charge in [-0.05, 0) is 24.1 Å². The van der Waals surface area contributed by atoms with Crippen LogP contribution in [0.25, 0.3) is 6.08 Å². The first-order valence-corrected chi connectivity index (χ1v) is 6.33. The molecule has 0 N–H and O–H groups in total. The van der Waals surface area contributed by atoms with Crippen LogP contribution in [-0.2, 0) is 4.79 Å². The number of carbonyl (C=O) groups excluding carboxylic acids is 1. The highest BCUT2D eigenvalue weighted by molar-refractivity contribution is 8.13. The highest BCUT2D eigenvalue weighted by Gasteiger charge is 2.21. The van der Waals surface area contributed by atoms with E-state index in [0.717, 1.165) is 23.9 Å². The zero-order chi connectivity index (χ0) is 14.4. The predicted molar refractivity (Wildman–Crippen MR) is 69.8 cm³/mol. The highest BCUT2D eigenvalue weighted by atomic mass is 32.2. The van der Waals surface area contributed by atoms with E-state index in [1.54, 1.807) is 6.08 Å². The van der Waals surface area contributed by atoms with Gasteiger partial charge in [0.15, 0.2) is 5.12 Å². The summed E-state index contributed by atoms with van der Waals surface area (Å²) in [5.74, 6) is -1.84. The van der Waals surface area contributed by atoms with Crippen molar-refractivity contribution in [1.29, 1.82) is 0 Å². The Balaban J connectivity index is 2.73. The van der Waals surface area contributed by atoms with E-state index in [0.29, 0.717) is 12.2 Å². The molecule has 0 aliphatic rings. The standard InChI is InChI=1S/C12H11F2NO3S/c1-8(16)19-5-3-2-4-9-6-10(13)12(15(17)18)11(14)7-9/h2,4,6-7H,3,5H2,1H3. The summed E-state index contributed by atoms with van der Waals surface area (Å²) in [6.07, 6.45) is 3.66. The summed E-state index contributed by atoms with van der Waals surface area (Å²) < 4.78 is 26.6. The molecule has 1 aromatic carbocycles. The van der Waals surface area contributed by atoms with Crippen molar-refractivity contribution < 1.29 is 18.5 Å². The Bertz CT molecular complexity index is 509. The molecule has 0 atom stereocenters. The highest BCUT2D eigenvalue weighted by Crippen LogP contribution is 2.23. The van der Waals surface area contributed by atoms with Gasteiger partial charge >= 0.3 is 5.69 Å². The minimum atomic E-state index is -1.21. The maximum absolute atomic E-state index is 13.3. The summed E-state index contributed by atoms with van der Waals surface area (Å²) >= 11 is 1.15. The summed E-state index contributed by atoms with van der Waals surface area (Å²) in [6, 6.07) is 1.80. The van der Waals surface area contributed by atoms with Gasteiger partial charge in [0.25, 0.3) is 0 Å². The van der Waals surface area contributed by atoms with Gasteiger partial charge in [-0.2, -0.15) is 8.78 Å². The molecule has 0 aliphatic heterocycles. The van der Waals surface area contributed by atoms with Gasteiger partial charge in [0.1, 0.15) is 0 Å². The van der Waals surface area contributed by atoms with Crippen LogP contribution >= 0.6 is 11.8 Å². The fourth-order valence-corrected chi connectivity index (χ4v) is 1.89. The molecule has 0 spiro atoms. The second kappa shape index (κ2) is 6.98. The van der Waals surface area contributed by atoms with Gasteiger partial charge < -0.3 is 0 Å². The average molecular weight is 287 g/mol. The van der Waals surface area contributed by atoms with Gasteiger partial charge in [0.2, 0.25) is 11.6 Å². The zero-order valence-electron chi connectivity index (χ0n) is 10.1. The SMILES string of the molecule is CC(=O)SCCC=Cc1cc(F)c([N+](=O)[O-])c(F)c1. The monoisotopic (exact) mass is 287 g/mol. The van der Waals surface area contributed by atoms with Crippen molar-refractivity contribution in [3.8, 4) is 0 Å². The minimum Gasteiger partial charge on any atom is -0.288 e. The molecule has 4 nitrogen and oxygen atoms in total. The van der Waals surface area contributed by atoms with Gasteiger partial charge in [-0.3, -0.25) is 14.9 Å². The van der Waals surface area contributed by atoms with Crippen LogP contribution in [0.5, 0.6) is 0 Å². The van der Waals surface area contributed by atoms with Crippen molar-refractivity contribution >= 4 is 28.6 Å². The fourth-order valence-electron chi connectivity index (χ4n) is 1.35. The molecular formula is C12H11F2NO3S. The van der Waals surface area contributed by atoms with Crippen LogP contribution in [0.2, 0.25) is 0 Å². The van der Waals surface area contributed by atoms with Crippen LogP contribution in [0.3, 0.4) is 0 Å². The number of allylic oxidation sites excluding steroid dienone is 1. The smallest absolute Gasteiger partial charge is 0.288 e. The van der Waals surface area contributed by atoms with Crippen molar-refractivity contribution in [2.24, 2.45) is 0 Å². The largest absolute Gasteiger partial charge is 0.340 e. The molecule has 0 heterocycles. The molecule has 0 radical (unpaired) electrons. The second-order valence-electron chi connectivity index (χ2n) is 3.62. The van der Waals surface area contributed by atoms with Crippen LogP contribution in [0, 0.1) is 21.7 Å². The number of nitro groups is 1. The van der Waals surface area contributed by atoms with E-state index in [1.165, 1.54) is 13.0 Å². The van der Waals surface area contributed by atoms with Crippen LogP contribution in [-0.4, -0.2) is 15.8 Å². The number of nitro benzene ring substituents is 1. The normalized spacial score (nSPS) is 10.9. The summed E-state index contributed by atoms with van der Waals surface area (Å²) in [6.45, 7) is 1.45. The first-order valence-electron chi connectivity index (χ1n) is 5.35. The van der Waals surface area contributed by atoms with Gasteiger partial charge in [0.05, 0.1) is 4.92 Å². The van der Waals surface area contributed by atoms with Crippen molar-refractivity contribution in [3.63, 3.8) is 0 Å². The van der Waals surface area contributed by atoms with E-state index in [-0.39, 0.29) is 10.7 Å². The molecule has 1 aromatic rings. The summed E-state index contributed by atoms with van der Waals surface area (Å²) in [5.41, 5.74) is -0.947. The number of halogens is 2. The lowest BCUT2D eigenvalue weighted by Gasteiger charge is -1.98. The Kier molecular flexibility index (Phi) is 5.62. The molecule has 0 amide bonds. The van der Waals surface area contributed by atoms with Gasteiger partial charge in [-0.25, -0.2) is 0 Å². The summed E-state index contributed by atoms with van der Waals surface area (Å²) in [4.78, 5) is 19.9. The first-order chi connectivity index (χ1) is 8.91. The zero-order valence-corrected chi connectivity index (χ0v) is 10.9. The molecule has 1 rings (SSSR count). The molecule has 0 bridgehead atoms. The van der Waals surface area contributed by atoms with Crippen molar-refractivity contribution in [2.75, 3.05) is 5.75 Å². The van der Waals surface area contributed by atoms with Gasteiger partial charge in [-0.15, -0.1) is 0 Å². The van der Waals surface area contributed by atoms with Crippen LogP contribution < -0.4 is 0 Å². The molecule has 0 fully saturated rings. The fraction of sp³-hybridized carbons (Fsp3) is 0.250. The Morgan fingerprint density at radius 2 is 2.00 bits per heavy atom. The Morgan fingerprint density at radius 3 is 2.47 bits per heavy atom. The number of hydrogen-bond donors (Lipinski definition) is 0. The minimum absolute atomic E-state index is 0.000764. The van der Waals surface area contributed by atoms with Gasteiger partial charge in [0, 0.05) is 12.7 Å². The third kappa shape index (κ3) is 4.78. The molecular weight excluding hydrogens is 276 g/mol. The average Bonchev–Trinajstić information content (AvgIpc) is 2.26. The third-order valence-electron chi connectivity index (χ3n) is 2.12. The first kappa shape index (κ1) is 15.3. The summed E-state index contributed by atoms with van der Waals surface area (Å²) in [5, 5.41) is 10.4. The topological polar surface area (TPSA) is 60.2 Å². The second-order valence-corrected chi connectivity index (χ2v) is 4.89.